The van der Waals surface area contributed by atoms with E-state index in [-0.39, 0.29) is 17.7 Å². The van der Waals surface area contributed by atoms with E-state index in [1.807, 2.05) is 6.07 Å². The molecule has 1 fully saturated rings. The van der Waals surface area contributed by atoms with Gasteiger partial charge in [0, 0.05) is 24.6 Å². The van der Waals surface area contributed by atoms with Gasteiger partial charge in [0.1, 0.15) is 0 Å². The molecule has 1 aromatic rings. The third-order valence-corrected chi connectivity index (χ3v) is 2.91. The van der Waals surface area contributed by atoms with Crippen LogP contribution in [0.5, 0.6) is 0 Å². The Bertz CT molecular complexity index is 530. The van der Waals surface area contributed by atoms with Gasteiger partial charge in [0.05, 0.1) is 11.6 Å². The Labute approximate surface area is 111 Å². The fourth-order valence-electron chi connectivity index (χ4n) is 1.68. The summed E-state index contributed by atoms with van der Waals surface area (Å²) in [6.07, 6.45) is 1.94. The number of hydrogen-bond donors (Lipinski definition) is 2. The molecule has 0 spiro atoms. The van der Waals surface area contributed by atoms with Gasteiger partial charge in [0.2, 0.25) is 5.91 Å². The quantitative estimate of drug-likeness (QED) is 0.766. The van der Waals surface area contributed by atoms with Crippen molar-refractivity contribution < 1.29 is 9.59 Å². The molecule has 1 aliphatic rings. The van der Waals surface area contributed by atoms with Crippen LogP contribution in [-0.4, -0.2) is 24.9 Å². The summed E-state index contributed by atoms with van der Waals surface area (Å²) in [5.74, 6) is 0.0153. The van der Waals surface area contributed by atoms with Crippen LogP contribution in [-0.2, 0) is 4.79 Å². The lowest BCUT2D eigenvalue weighted by Gasteiger charge is -2.06. The molecule has 1 aliphatic carbocycles. The van der Waals surface area contributed by atoms with Gasteiger partial charge in [-0.1, -0.05) is 6.07 Å². The summed E-state index contributed by atoms with van der Waals surface area (Å²) in [5.41, 5.74) is 0.905. The van der Waals surface area contributed by atoms with Gasteiger partial charge in [-0.2, -0.15) is 5.26 Å². The van der Waals surface area contributed by atoms with Crippen molar-refractivity contribution >= 4 is 11.8 Å². The summed E-state index contributed by atoms with van der Waals surface area (Å²) >= 11 is 0. The third-order valence-electron chi connectivity index (χ3n) is 2.91. The Kier molecular flexibility index (Phi) is 4.14. The SMILES string of the molecule is N#Cc1cccc(C(=O)NCCNC(=O)C2CC2)c1. The van der Waals surface area contributed by atoms with Crippen molar-refractivity contribution in [2.24, 2.45) is 5.92 Å². The highest BCUT2D eigenvalue weighted by atomic mass is 16.2. The predicted molar refractivity (Wildman–Crippen MR) is 69.2 cm³/mol. The summed E-state index contributed by atoms with van der Waals surface area (Å²) in [7, 11) is 0. The highest BCUT2D eigenvalue weighted by Gasteiger charge is 2.28. The highest BCUT2D eigenvalue weighted by Crippen LogP contribution is 2.28. The molecule has 0 aromatic heterocycles. The molecule has 98 valence electrons. The zero-order chi connectivity index (χ0) is 13.7. The van der Waals surface area contributed by atoms with E-state index >= 15 is 0 Å². The van der Waals surface area contributed by atoms with Crippen molar-refractivity contribution in [3.63, 3.8) is 0 Å². The second-order valence-corrected chi connectivity index (χ2v) is 4.51. The van der Waals surface area contributed by atoms with Crippen LogP contribution in [0, 0.1) is 17.2 Å². The van der Waals surface area contributed by atoms with E-state index in [1.54, 1.807) is 18.2 Å². The molecule has 0 heterocycles. The van der Waals surface area contributed by atoms with Crippen LogP contribution >= 0.6 is 0 Å². The smallest absolute Gasteiger partial charge is 0.251 e. The van der Waals surface area contributed by atoms with Gasteiger partial charge in [-0.05, 0) is 31.0 Å². The second kappa shape index (κ2) is 6.01. The maximum atomic E-state index is 11.8. The summed E-state index contributed by atoms with van der Waals surface area (Å²) < 4.78 is 0. The number of benzene rings is 1. The number of hydrogen-bond acceptors (Lipinski definition) is 3. The lowest BCUT2D eigenvalue weighted by molar-refractivity contribution is -0.122. The fraction of sp³-hybridized carbons (Fsp3) is 0.357. The Balaban J connectivity index is 1.74. The second-order valence-electron chi connectivity index (χ2n) is 4.51. The number of carbonyl (C=O) groups excluding carboxylic acids is 2. The molecule has 19 heavy (non-hydrogen) atoms. The molecule has 1 aromatic carbocycles. The van der Waals surface area contributed by atoms with E-state index in [1.165, 1.54) is 6.07 Å². The van der Waals surface area contributed by atoms with Crippen molar-refractivity contribution in [3.05, 3.63) is 35.4 Å². The molecular weight excluding hydrogens is 242 g/mol. The van der Waals surface area contributed by atoms with Gasteiger partial charge >= 0.3 is 0 Å². The van der Waals surface area contributed by atoms with Crippen molar-refractivity contribution in [1.82, 2.24) is 10.6 Å². The van der Waals surface area contributed by atoms with Gasteiger partial charge < -0.3 is 10.6 Å². The molecule has 2 N–H and O–H groups in total. The standard InChI is InChI=1S/C14H15N3O2/c15-9-10-2-1-3-12(8-10)14(19)17-7-6-16-13(18)11-4-5-11/h1-3,8,11H,4-7H2,(H,16,18)(H,17,19). The van der Waals surface area contributed by atoms with Gasteiger partial charge in [0.25, 0.3) is 5.91 Å². The first-order valence-electron chi connectivity index (χ1n) is 6.27. The van der Waals surface area contributed by atoms with Crippen molar-refractivity contribution in [1.29, 1.82) is 5.26 Å². The lowest BCUT2D eigenvalue weighted by Crippen LogP contribution is -2.35. The summed E-state index contributed by atoms with van der Waals surface area (Å²) in [6.45, 7) is 0.813. The summed E-state index contributed by atoms with van der Waals surface area (Å²) in [6, 6.07) is 8.49. The molecule has 0 radical (unpaired) electrons. The van der Waals surface area contributed by atoms with Crippen LogP contribution in [0.25, 0.3) is 0 Å². The van der Waals surface area contributed by atoms with E-state index in [0.29, 0.717) is 24.2 Å². The Morgan fingerprint density at radius 1 is 1.26 bits per heavy atom. The van der Waals surface area contributed by atoms with Gasteiger partial charge in [-0.25, -0.2) is 0 Å². The van der Waals surface area contributed by atoms with Crippen molar-refractivity contribution in [2.45, 2.75) is 12.8 Å². The molecular formula is C14H15N3O2. The van der Waals surface area contributed by atoms with E-state index in [2.05, 4.69) is 10.6 Å². The van der Waals surface area contributed by atoms with Crippen molar-refractivity contribution in [3.8, 4) is 6.07 Å². The summed E-state index contributed by atoms with van der Waals surface area (Å²) in [4.78, 5) is 23.1. The maximum absolute atomic E-state index is 11.8. The van der Waals surface area contributed by atoms with Crippen LogP contribution in [0.3, 0.4) is 0 Å². The largest absolute Gasteiger partial charge is 0.354 e. The normalized spacial score (nSPS) is 13.4. The lowest BCUT2D eigenvalue weighted by atomic mass is 10.1. The molecule has 2 amide bonds. The first-order chi connectivity index (χ1) is 9.20. The van der Waals surface area contributed by atoms with Crippen LogP contribution in [0.1, 0.15) is 28.8 Å². The van der Waals surface area contributed by atoms with E-state index < -0.39 is 0 Å². The average molecular weight is 257 g/mol. The fourth-order valence-corrected chi connectivity index (χ4v) is 1.68. The highest BCUT2D eigenvalue weighted by molar-refractivity contribution is 5.94. The first kappa shape index (κ1) is 13.1. The van der Waals surface area contributed by atoms with Crippen LogP contribution in [0.15, 0.2) is 24.3 Å². The van der Waals surface area contributed by atoms with Gasteiger partial charge in [-0.15, -0.1) is 0 Å². The number of amides is 2. The van der Waals surface area contributed by atoms with Gasteiger partial charge in [0.15, 0.2) is 0 Å². The summed E-state index contributed by atoms with van der Waals surface area (Å²) in [5, 5.41) is 14.2. The van der Waals surface area contributed by atoms with E-state index in [9.17, 15) is 9.59 Å². The van der Waals surface area contributed by atoms with E-state index in [0.717, 1.165) is 12.8 Å². The van der Waals surface area contributed by atoms with Crippen molar-refractivity contribution in [2.75, 3.05) is 13.1 Å². The number of nitrogens with one attached hydrogen (secondary N) is 2. The zero-order valence-corrected chi connectivity index (χ0v) is 10.5. The Morgan fingerprint density at radius 2 is 2.00 bits per heavy atom. The predicted octanol–water partition coefficient (Wildman–Crippen LogP) is 0.814. The Morgan fingerprint density at radius 3 is 2.68 bits per heavy atom. The number of nitriles is 1. The van der Waals surface area contributed by atoms with E-state index in [4.69, 9.17) is 5.26 Å². The molecule has 0 aliphatic heterocycles. The minimum absolute atomic E-state index is 0.0701. The molecule has 0 saturated heterocycles. The molecule has 5 heteroatoms. The average Bonchev–Trinajstić information content (AvgIpc) is 3.27. The monoisotopic (exact) mass is 257 g/mol. The third kappa shape index (κ3) is 3.81. The molecule has 0 unspecified atom stereocenters. The molecule has 2 rings (SSSR count). The molecule has 0 atom stereocenters. The van der Waals surface area contributed by atoms with Gasteiger partial charge in [-0.3, -0.25) is 9.59 Å². The molecule has 5 nitrogen and oxygen atoms in total. The number of nitrogens with zero attached hydrogens (tertiary/aromatic N) is 1. The minimum Gasteiger partial charge on any atom is -0.354 e. The van der Waals surface area contributed by atoms with Crippen LogP contribution in [0.4, 0.5) is 0 Å². The zero-order valence-electron chi connectivity index (χ0n) is 10.5. The minimum atomic E-state index is -0.238. The molecule has 0 bridgehead atoms. The number of rotatable bonds is 5. The molecule has 1 saturated carbocycles. The topological polar surface area (TPSA) is 82.0 Å². The first-order valence-corrected chi connectivity index (χ1v) is 6.27. The van der Waals surface area contributed by atoms with Crippen LogP contribution < -0.4 is 10.6 Å². The number of carbonyl (C=O) groups is 2. The maximum Gasteiger partial charge on any atom is 0.251 e. The van der Waals surface area contributed by atoms with Crippen LogP contribution in [0.2, 0.25) is 0 Å². The Hall–Kier alpha value is -2.35.